The number of carbonyl (C=O) groups is 2. The summed E-state index contributed by atoms with van der Waals surface area (Å²) in [5.41, 5.74) is 0.880. The topological polar surface area (TPSA) is 115 Å². The van der Waals surface area contributed by atoms with Crippen molar-refractivity contribution in [2.75, 3.05) is 10.6 Å². The molecule has 0 radical (unpaired) electrons. The number of carbonyl (C=O) groups excluding carboxylic acids is 2. The Morgan fingerprint density at radius 1 is 1.00 bits per heavy atom. The number of hydrogen-bond acceptors (Lipinski definition) is 6. The number of aromatic nitrogens is 5. The number of hydrogen-bond donors (Lipinski definition) is 2. The number of nitrogens with zero attached hydrogens (tertiary/aromatic N) is 5. The molecule has 4 aromatic rings. The molecule has 0 saturated heterocycles. The first-order valence-corrected chi connectivity index (χ1v) is 10.1. The number of amides is 2. The predicted octanol–water partition coefficient (Wildman–Crippen LogP) is 3.96. The minimum absolute atomic E-state index is 0.116. The van der Waals surface area contributed by atoms with Gasteiger partial charge in [-0.15, -0.1) is 10.2 Å². The summed E-state index contributed by atoms with van der Waals surface area (Å²) in [6.07, 6.45) is 4.67. The zero-order valence-electron chi connectivity index (χ0n) is 17.9. The van der Waals surface area contributed by atoms with Crippen molar-refractivity contribution < 1.29 is 14.0 Å². The van der Waals surface area contributed by atoms with Crippen molar-refractivity contribution in [1.82, 2.24) is 24.7 Å². The van der Waals surface area contributed by atoms with Crippen LogP contribution in [0.15, 0.2) is 67.3 Å². The Labute approximate surface area is 188 Å². The second-order valence-corrected chi connectivity index (χ2v) is 7.40. The summed E-state index contributed by atoms with van der Waals surface area (Å²) in [6, 6.07) is 11.9. The second-order valence-electron chi connectivity index (χ2n) is 7.40. The lowest BCUT2D eigenvalue weighted by Gasteiger charge is -2.11. The van der Waals surface area contributed by atoms with Gasteiger partial charge in [-0.25, -0.2) is 9.37 Å². The molecule has 2 amide bonds. The lowest BCUT2D eigenvalue weighted by molar-refractivity contribution is 0.102. The quantitative estimate of drug-likeness (QED) is 0.464. The Morgan fingerprint density at radius 3 is 2.55 bits per heavy atom. The van der Waals surface area contributed by atoms with Gasteiger partial charge in [0.1, 0.15) is 23.7 Å². The Morgan fingerprint density at radius 2 is 1.79 bits per heavy atom. The molecule has 2 N–H and O–H groups in total. The molecule has 1 aromatic carbocycles. The molecule has 4 rings (SSSR count). The van der Waals surface area contributed by atoms with Crippen LogP contribution in [0.25, 0.3) is 11.5 Å². The number of halogens is 1. The summed E-state index contributed by atoms with van der Waals surface area (Å²) in [6.45, 7) is 3.97. The first-order chi connectivity index (χ1) is 15.9. The van der Waals surface area contributed by atoms with Crippen molar-refractivity contribution in [3.8, 4) is 11.5 Å². The summed E-state index contributed by atoms with van der Waals surface area (Å²) in [5.74, 6) is -1.22. The van der Waals surface area contributed by atoms with E-state index in [9.17, 15) is 14.0 Å². The van der Waals surface area contributed by atoms with Crippen LogP contribution in [0.4, 0.5) is 15.9 Å². The molecule has 10 heteroatoms. The lowest BCUT2D eigenvalue weighted by atomic mass is 10.1. The van der Waals surface area contributed by atoms with E-state index in [1.807, 2.05) is 18.4 Å². The second kappa shape index (κ2) is 9.35. The van der Waals surface area contributed by atoms with Crippen LogP contribution in [0.1, 0.15) is 40.6 Å². The van der Waals surface area contributed by atoms with Crippen LogP contribution in [0.2, 0.25) is 0 Å². The van der Waals surface area contributed by atoms with E-state index in [-0.39, 0.29) is 23.0 Å². The van der Waals surface area contributed by atoms with Crippen molar-refractivity contribution in [3.63, 3.8) is 0 Å². The molecule has 0 fully saturated rings. The van der Waals surface area contributed by atoms with E-state index in [2.05, 4.69) is 30.8 Å². The van der Waals surface area contributed by atoms with Crippen LogP contribution in [0.5, 0.6) is 0 Å². The maximum atomic E-state index is 14.4. The molecule has 0 bridgehead atoms. The molecule has 166 valence electrons. The average molecular weight is 445 g/mol. The van der Waals surface area contributed by atoms with E-state index in [0.29, 0.717) is 17.2 Å². The molecule has 33 heavy (non-hydrogen) atoms. The summed E-state index contributed by atoms with van der Waals surface area (Å²) >= 11 is 0. The molecule has 9 nitrogen and oxygen atoms in total. The fourth-order valence-corrected chi connectivity index (χ4v) is 3.10. The first-order valence-electron chi connectivity index (χ1n) is 10.1. The smallest absolute Gasteiger partial charge is 0.259 e. The Kier molecular flexibility index (Phi) is 6.16. The van der Waals surface area contributed by atoms with Gasteiger partial charge in [0.15, 0.2) is 5.82 Å². The normalized spacial score (nSPS) is 10.8. The van der Waals surface area contributed by atoms with Gasteiger partial charge >= 0.3 is 0 Å². The fraction of sp³-hybridized carbons (Fsp3) is 0.130. The number of pyridine rings is 2. The molecule has 0 aliphatic rings. The monoisotopic (exact) mass is 445 g/mol. The molecule has 3 heterocycles. The molecule has 0 aliphatic carbocycles. The van der Waals surface area contributed by atoms with Crippen molar-refractivity contribution in [2.24, 2.45) is 0 Å². The van der Waals surface area contributed by atoms with Gasteiger partial charge < -0.3 is 15.2 Å². The minimum Gasteiger partial charge on any atom is -0.322 e. The van der Waals surface area contributed by atoms with Crippen LogP contribution in [0.3, 0.4) is 0 Å². The molecular formula is C23H20FN7O2. The van der Waals surface area contributed by atoms with E-state index in [1.54, 1.807) is 36.7 Å². The van der Waals surface area contributed by atoms with Crippen LogP contribution in [0, 0.1) is 5.82 Å². The van der Waals surface area contributed by atoms with Crippen LogP contribution >= 0.6 is 0 Å². The first kappa shape index (κ1) is 21.8. The van der Waals surface area contributed by atoms with Crippen LogP contribution in [-0.4, -0.2) is 36.5 Å². The molecule has 3 aromatic heterocycles. The molecule has 0 aliphatic heterocycles. The molecule has 0 atom stereocenters. The van der Waals surface area contributed by atoms with E-state index in [4.69, 9.17) is 0 Å². The van der Waals surface area contributed by atoms with Crippen molar-refractivity contribution >= 4 is 23.3 Å². The largest absolute Gasteiger partial charge is 0.322 e. The highest BCUT2D eigenvalue weighted by molar-refractivity contribution is 6.08. The van der Waals surface area contributed by atoms with Crippen molar-refractivity contribution in [2.45, 2.75) is 19.9 Å². The van der Waals surface area contributed by atoms with Gasteiger partial charge in [0.25, 0.3) is 11.8 Å². The lowest BCUT2D eigenvalue weighted by Crippen LogP contribution is -2.18. The van der Waals surface area contributed by atoms with E-state index >= 15 is 0 Å². The maximum Gasteiger partial charge on any atom is 0.259 e. The minimum atomic E-state index is -0.760. The van der Waals surface area contributed by atoms with Gasteiger partial charge in [-0.1, -0.05) is 6.07 Å². The SMILES string of the molecule is CC(C)n1cnnc1-c1cccc(NC(=O)c2cc(C(=O)Nc3ccncc3)ccc2F)n1. The van der Waals surface area contributed by atoms with Gasteiger partial charge in [-0.3, -0.25) is 14.6 Å². The summed E-state index contributed by atoms with van der Waals surface area (Å²) in [7, 11) is 0. The zero-order valence-corrected chi connectivity index (χ0v) is 17.9. The Bertz CT molecular complexity index is 1310. The van der Waals surface area contributed by atoms with Gasteiger partial charge in [0.05, 0.1) is 5.56 Å². The highest BCUT2D eigenvalue weighted by Gasteiger charge is 2.17. The summed E-state index contributed by atoms with van der Waals surface area (Å²) in [5, 5.41) is 13.3. The third kappa shape index (κ3) is 4.90. The number of rotatable bonds is 6. The number of anilines is 2. The summed E-state index contributed by atoms with van der Waals surface area (Å²) in [4.78, 5) is 33.6. The average Bonchev–Trinajstić information content (AvgIpc) is 3.31. The van der Waals surface area contributed by atoms with Crippen LogP contribution < -0.4 is 10.6 Å². The molecular weight excluding hydrogens is 425 g/mol. The standard InChI is InChI=1S/C23H20FN7O2/c1-14(2)31-13-26-30-21(31)19-4-3-5-20(28-19)29-23(33)17-12-15(6-7-18(17)24)22(32)27-16-8-10-25-11-9-16/h3-14H,1-2H3,(H,25,27,32)(H,28,29,33). The van der Waals surface area contributed by atoms with E-state index in [0.717, 1.165) is 6.07 Å². The molecule has 0 unspecified atom stereocenters. The number of benzene rings is 1. The third-order valence-electron chi connectivity index (χ3n) is 4.76. The fourth-order valence-electron chi connectivity index (χ4n) is 3.10. The predicted molar refractivity (Wildman–Crippen MR) is 120 cm³/mol. The van der Waals surface area contributed by atoms with Gasteiger partial charge in [-0.05, 0) is 56.3 Å². The van der Waals surface area contributed by atoms with Gasteiger partial charge in [0.2, 0.25) is 0 Å². The summed E-state index contributed by atoms with van der Waals surface area (Å²) < 4.78 is 16.3. The van der Waals surface area contributed by atoms with Gasteiger partial charge in [0, 0.05) is 29.7 Å². The third-order valence-corrected chi connectivity index (χ3v) is 4.76. The van der Waals surface area contributed by atoms with Crippen molar-refractivity contribution in [3.05, 3.63) is 84.2 Å². The van der Waals surface area contributed by atoms with Crippen molar-refractivity contribution in [1.29, 1.82) is 0 Å². The molecule has 0 saturated carbocycles. The van der Waals surface area contributed by atoms with Gasteiger partial charge in [-0.2, -0.15) is 0 Å². The van der Waals surface area contributed by atoms with E-state index in [1.165, 1.54) is 24.5 Å². The number of nitrogens with one attached hydrogen (secondary N) is 2. The highest BCUT2D eigenvalue weighted by Crippen LogP contribution is 2.21. The van der Waals surface area contributed by atoms with Crippen LogP contribution in [-0.2, 0) is 0 Å². The maximum absolute atomic E-state index is 14.4. The Hall–Kier alpha value is -4.47. The Balaban J connectivity index is 1.55. The highest BCUT2D eigenvalue weighted by atomic mass is 19.1. The van der Waals surface area contributed by atoms with E-state index < -0.39 is 17.6 Å². The molecule has 0 spiro atoms. The zero-order chi connectivity index (χ0) is 23.4.